The highest BCUT2D eigenvalue weighted by Gasteiger charge is 2.61. The lowest BCUT2D eigenvalue weighted by Gasteiger charge is -2.53. The summed E-state index contributed by atoms with van der Waals surface area (Å²) in [6.07, 6.45) is 9.51. The molecule has 5 nitrogen and oxygen atoms in total. The van der Waals surface area contributed by atoms with Gasteiger partial charge in [-0.15, -0.1) is 0 Å². The van der Waals surface area contributed by atoms with Crippen LogP contribution in [0.2, 0.25) is 0 Å². The predicted octanol–water partition coefficient (Wildman–Crippen LogP) is 4.80. The van der Waals surface area contributed by atoms with Gasteiger partial charge in [0.2, 0.25) is 5.91 Å². The number of amides is 1. The molecule has 4 fully saturated rings. The Morgan fingerprint density at radius 1 is 1.23 bits per heavy atom. The number of piperidine rings is 1. The molecular formula is C25H38N2O3S. The summed E-state index contributed by atoms with van der Waals surface area (Å²) in [6, 6.07) is 2.38. The van der Waals surface area contributed by atoms with Gasteiger partial charge in [-0.2, -0.15) is 17.0 Å². The number of nitrogens with zero attached hydrogens (tertiary/aromatic N) is 2. The zero-order valence-electron chi connectivity index (χ0n) is 19.6. The lowest BCUT2D eigenvalue weighted by atomic mass is 9.56. The molecule has 6 heteroatoms. The molecule has 0 aromatic rings. The SMILES string of the molecule is CSCCCC(=O)OC12CC(C)CC(CC(C)(CC(=O)N3C(C#N)CC4C3[C@H]4C)C1)C2. The second kappa shape index (κ2) is 8.61. The highest BCUT2D eigenvalue weighted by atomic mass is 32.2. The Kier molecular flexibility index (Phi) is 6.38. The van der Waals surface area contributed by atoms with Crippen molar-refractivity contribution in [2.75, 3.05) is 12.0 Å². The first kappa shape index (κ1) is 23.0. The van der Waals surface area contributed by atoms with Crippen LogP contribution in [0.15, 0.2) is 0 Å². The summed E-state index contributed by atoms with van der Waals surface area (Å²) >= 11 is 1.76. The van der Waals surface area contributed by atoms with E-state index in [0.717, 1.165) is 50.7 Å². The van der Waals surface area contributed by atoms with Gasteiger partial charge in [0.1, 0.15) is 11.6 Å². The van der Waals surface area contributed by atoms with Gasteiger partial charge < -0.3 is 9.64 Å². The van der Waals surface area contributed by atoms with Gasteiger partial charge in [0, 0.05) is 18.9 Å². The molecule has 0 radical (unpaired) electrons. The fourth-order valence-electron chi connectivity index (χ4n) is 7.56. The third-order valence-corrected chi connectivity index (χ3v) is 9.08. The Balaban J connectivity index is 1.46. The van der Waals surface area contributed by atoms with E-state index in [1.807, 2.05) is 4.90 Å². The highest BCUT2D eigenvalue weighted by molar-refractivity contribution is 7.98. The van der Waals surface area contributed by atoms with Crippen LogP contribution in [0.3, 0.4) is 0 Å². The third kappa shape index (κ3) is 4.63. The first-order valence-corrected chi connectivity index (χ1v) is 13.5. The van der Waals surface area contributed by atoms with E-state index in [4.69, 9.17) is 4.74 Å². The lowest BCUT2D eigenvalue weighted by Crippen LogP contribution is -2.52. The Bertz CT molecular complexity index is 762. The zero-order valence-corrected chi connectivity index (χ0v) is 20.4. The minimum Gasteiger partial charge on any atom is -0.459 e. The van der Waals surface area contributed by atoms with Crippen molar-refractivity contribution in [1.82, 2.24) is 4.90 Å². The van der Waals surface area contributed by atoms with Crippen molar-refractivity contribution < 1.29 is 14.3 Å². The Morgan fingerprint density at radius 3 is 2.71 bits per heavy atom. The van der Waals surface area contributed by atoms with Gasteiger partial charge in [0.15, 0.2) is 0 Å². The van der Waals surface area contributed by atoms with Crippen LogP contribution in [0, 0.1) is 40.4 Å². The average molecular weight is 447 g/mol. The number of nitriles is 1. The molecule has 31 heavy (non-hydrogen) atoms. The van der Waals surface area contributed by atoms with Crippen LogP contribution < -0.4 is 0 Å². The van der Waals surface area contributed by atoms with E-state index in [-0.39, 0.29) is 29.4 Å². The van der Waals surface area contributed by atoms with Gasteiger partial charge in [0.25, 0.3) is 0 Å². The van der Waals surface area contributed by atoms with Crippen LogP contribution in [0.4, 0.5) is 0 Å². The molecule has 3 aliphatic carbocycles. The van der Waals surface area contributed by atoms with Gasteiger partial charge in [-0.05, 0) is 86.0 Å². The summed E-state index contributed by atoms with van der Waals surface area (Å²) in [5, 5.41) is 9.57. The summed E-state index contributed by atoms with van der Waals surface area (Å²) in [6.45, 7) is 6.68. The van der Waals surface area contributed by atoms with Crippen molar-refractivity contribution >= 4 is 23.6 Å². The fraction of sp³-hybridized carbons (Fsp3) is 0.880. The molecular weight excluding hydrogens is 408 g/mol. The van der Waals surface area contributed by atoms with E-state index in [0.29, 0.717) is 36.5 Å². The molecule has 1 amide bonds. The first-order valence-electron chi connectivity index (χ1n) is 12.1. The molecule has 7 unspecified atom stereocenters. The minimum atomic E-state index is -0.416. The first-order chi connectivity index (χ1) is 14.7. The Hall–Kier alpha value is -1.22. The van der Waals surface area contributed by atoms with Crippen molar-refractivity contribution in [3.8, 4) is 6.07 Å². The summed E-state index contributed by atoms with van der Waals surface area (Å²) in [5.74, 6) is 3.14. The molecule has 2 bridgehead atoms. The number of fused-ring (bicyclic) bond motifs is 3. The van der Waals surface area contributed by atoms with Crippen molar-refractivity contribution in [2.24, 2.45) is 29.1 Å². The summed E-state index contributed by atoms with van der Waals surface area (Å²) < 4.78 is 6.23. The van der Waals surface area contributed by atoms with Gasteiger partial charge in [-0.1, -0.05) is 20.8 Å². The lowest BCUT2D eigenvalue weighted by molar-refractivity contribution is -0.182. The number of hydrogen-bond donors (Lipinski definition) is 0. The summed E-state index contributed by atoms with van der Waals surface area (Å²) in [5.41, 5.74) is -0.586. The molecule has 3 saturated carbocycles. The molecule has 4 rings (SSSR count). The Morgan fingerprint density at radius 2 is 2.00 bits per heavy atom. The number of esters is 1. The van der Waals surface area contributed by atoms with Crippen molar-refractivity contribution in [2.45, 2.75) is 96.2 Å². The van der Waals surface area contributed by atoms with Gasteiger partial charge in [-0.25, -0.2) is 0 Å². The van der Waals surface area contributed by atoms with E-state index in [1.165, 1.54) is 0 Å². The maximum Gasteiger partial charge on any atom is 0.306 e. The van der Waals surface area contributed by atoms with E-state index >= 15 is 0 Å². The van der Waals surface area contributed by atoms with E-state index in [1.54, 1.807) is 11.8 Å². The summed E-state index contributed by atoms with van der Waals surface area (Å²) in [4.78, 5) is 28.0. The molecule has 1 aliphatic heterocycles. The molecule has 0 N–H and O–H groups in total. The van der Waals surface area contributed by atoms with Crippen molar-refractivity contribution in [3.05, 3.63) is 0 Å². The number of ether oxygens (including phenoxy) is 1. The number of rotatable bonds is 7. The molecule has 4 aliphatic rings. The van der Waals surface area contributed by atoms with Gasteiger partial charge >= 0.3 is 5.97 Å². The molecule has 172 valence electrons. The second-order valence-corrected chi connectivity index (χ2v) is 12.4. The monoisotopic (exact) mass is 446 g/mol. The molecule has 1 saturated heterocycles. The zero-order chi connectivity index (χ0) is 22.4. The van der Waals surface area contributed by atoms with Crippen LogP contribution in [0.25, 0.3) is 0 Å². The molecule has 0 spiro atoms. The number of thioether (sulfide) groups is 1. The normalized spacial score (nSPS) is 43.1. The van der Waals surface area contributed by atoms with Gasteiger partial charge in [-0.3, -0.25) is 9.59 Å². The molecule has 0 aromatic carbocycles. The third-order valence-electron chi connectivity index (χ3n) is 8.39. The smallest absolute Gasteiger partial charge is 0.306 e. The quantitative estimate of drug-likeness (QED) is 0.415. The van der Waals surface area contributed by atoms with Crippen molar-refractivity contribution in [1.29, 1.82) is 5.26 Å². The topological polar surface area (TPSA) is 70.4 Å². The van der Waals surface area contributed by atoms with E-state index in [9.17, 15) is 14.9 Å². The standard InChI is InChI=1S/C25H38N2O3S/c1-16-8-18-11-24(3,13-21(28)27-19(14-26)9-20-17(2)23(20)27)15-25(10-16,12-18)30-22(29)6-5-7-31-4/h16-20,23H,5-13,15H2,1-4H3/t16?,17-,18?,19?,20?,23?,24?,25?/m0/s1. The molecule has 0 aromatic heterocycles. The number of hydrogen-bond acceptors (Lipinski definition) is 5. The van der Waals surface area contributed by atoms with Crippen LogP contribution in [0.5, 0.6) is 0 Å². The number of likely N-dealkylation sites (tertiary alicyclic amines) is 1. The van der Waals surface area contributed by atoms with E-state index < -0.39 is 5.60 Å². The Labute approximate surface area is 191 Å². The second-order valence-electron chi connectivity index (χ2n) is 11.4. The van der Waals surface area contributed by atoms with Gasteiger partial charge in [0.05, 0.1) is 6.07 Å². The number of carbonyl (C=O) groups is 2. The van der Waals surface area contributed by atoms with Crippen molar-refractivity contribution in [3.63, 3.8) is 0 Å². The van der Waals surface area contributed by atoms with Crippen LogP contribution in [-0.4, -0.2) is 46.5 Å². The molecule has 1 heterocycles. The maximum absolute atomic E-state index is 13.4. The molecule has 8 atom stereocenters. The highest BCUT2D eigenvalue weighted by Crippen LogP contribution is 2.57. The van der Waals surface area contributed by atoms with Crippen LogP contribution in [-0.2, 0) is 14.3 Å². The number of carbonyl (C=O) groups excluding carboxylic acids is 2. The fourth-order valence-corrected chi connectivity index (χ4v) is 7.99. The average Bonchev–Trinajstić information content (AvgIpc) is 3.10. The maximum atomic E-state index is 13.4. The van der Waals surface area contributed by atoms with Crippen LogP contribution in [0.1, 0.15) is 78.6 Å². The minimum absolute atomic E-state index is 0.0730. The van der Waals surface area contributed by atoms with E-state index in [2.05, 4.69) is 33.1 Å². The largest absolute Gasteiger partial charge is 0.459 e. The van der Waals surface area contributed by atoms with Crippen LogP contribution >= 0.6 is 11.8 Å². The predicted molar refractivity (Wildman–Crippen MR) is 122 cm³/mol. The summed E-state index contributed by atoms with van der Waals surface area (Å²) in [7, 11) is 0.